The molecule has 1 aromatic heterocycles. The molecule has 1 aliphatic rings. The third-order valence-electron chi connectivity index (χ3n) is 5.59. The second kappa shape index (κ2) is 12.5. The molecule has 33 heavy (non-hydrogen) atoms. The second-order valence-electron chi connectivity index (χ2n) is 7.76. The van der Waals surface area contributed by atoms with Crippen LogP contribution in [0, 0.1) is 0 Å². The van der Waals surface area contributed by atoms with Crippen LogP contribution in [0.1, 0.15) is 29.8 Å². The number of hydrogen-bond acceptors (Lipinski definition) is 6. The molecule has 0 fully saturated rings. The van der Waals surface area contributed by atoms with Crippen LogP contribution in [-0.2, 0) is 16.0 Å². The fourth-order valence-corrected chi connectivity index (χ4v) is 4.76. The zero-order chi connectivity index (χ0) is 23.6. The van der Waals surface area contributed by atoms with E-state index in [1.807, 2.05) is 36.1 Å². The van der Waals surface area contributed by atoms with Crippen molar-refractivity contribution in [1.29, 1.82) is 0 Å². The van der Waals surface area contributed by atoms with Crippen LogP contribution >= 0.6 is 11.3 Å². The van der Waals surface area contributed by atoms with Crippen LogP contribution in [0.2, 0.25) is 0 Å². The largest absolute Gasteiger partial charge is 0.493 e. The molecule has 0 radical (unpaired) electrons. The molecule has 0 saturated carbocycles. The van der Waals surface area contributed by atoms with Gasteiger partial charge in [-0.25, -0.2) is 4.79 Å². The summed E-state index contributed by atoms with van der Waals surface area (Å²) in [5.41, 5.74) is 1.10. The van der Waals surface area contributed by atoms with E-state index in [0.29, 0.717) is 44.3 Å². The normalized spacial score (nSPS) is 15.0. The van der Waals surface area contributed by atoms with E-state index in [1.54, 1.807) is 25.6 Å². The first-order valence-corrected chi connectivity index (χ1v) is 12.1. The maximum atomic E-state index is 13.4. The van der Waals surface area contributed by atoms with Crippen molar-refractivity contribution in [2.45, 2.75) is 25.8 Å². The smallest absolute Gasteiger partial charge is 0.317 e. The molecule has 3 rings (SSSR count). The molecular weight excluding hydrogens is 442 g/mol. The first kappa shape index (κ1) is 24.9. The highest BCUT2D eigenvalue weighted by atomic mass is 32.1. The Morgan fingerprint density at radius 2 is 2.00 bits per heavy atom. The molecule has 9 heteroatoms. The number of nitrogens with one attached hydrogen (secondary N) is 1. The minimum Gasteiger partial charge on any atom is -0.493 e. The van der Waals surface area contributed by atoms with Crippen molar-refractivity contribution in [2.75, 3.05) is 53.6 Å². The maximum Gasteiger partial charge on any atom is 0.317 e. The van der Waals surface area contributed by atoms with Crippen molar-refractivity contribution in [3.8, 4) is 11.5 Å². The SMILES string of the molecule is CCCNC(=O)N(CCOC)CC(=O)N1CCc2sccc2C1COc1ccccc1OC. The van der Waals surface area contributed by atoms with Gasteiger partial charge in [-0.1, -0.05) is 19.1 Å². The fourth-order valence-electron chi connectivity index (χ4n) is 3.83. The standard InChI is InChI=1S/C24H33N3O5S/c1-4-11-25-24(29)26(13-14-30-2)16-23(28)27-12-9-22-18(10-15-33-22)19(27)17-32-21-8-6-5-7-20(21)31-3/h5-8,10,15,19H,4,9,11-14,16-17H2,1-3H3,(H,25,29). The number of benzene rings is 1. The predicted molar refractivity (Wildman–Crippen MR) is 128 cm³/mol. The number of hydrogen-bond donors (Lipinski definition) is 1. The lowest BCUT2D eigenvalue weighted by Gasteiger charge is -2.37. The highest BCUT2D eigenvalue weighted by molar-refractivity contribution is 7.10. The average molecular weight is 476 g/mol. The number of urea groups is 1. The predicted octanol–water partition coefficient (Wildman–Crippen LogP) is 3.33. The summed E-state index contributed by atoms with van der Waals surface area (Å²) in [6.07, 6.45) is 1.62. The van der Waals surface area contributed by atoms with E-state index in [9.17, 15) is 9.59 Å². The number of fused-ring (bicyclic) bond motifs is 1. The Balaban J connectivity index is 1.75. The van der Waals surface area contributed by atoms with Gasteiger partial charge in [0.2, 0.25) is 5.91 Å². The van der Waals surface area contributed by atoms with Gasteiger partial charge in [0.25, 0.3) is 0 Å². The van der Waals surface area contributed by atoms with Crippen LogP contribution in [-0.4, -0.2) is 75.4 Å². The summed E-state index contributed by atoms with van der Waals surface area (Å²) in [4.78, 5) is 30.6. The van der Waals surface area contributed by atoms with Crippen LogP contribution in [0.15, 0.2) is 35.7 Å². The van der Waals surface area contributed by atoms with Gasteiger partial charge >= 0.3 is 6.03 Å². The second-order valence-corrected chi connectivity index (χ2v) is 8.76. The van der Waals surface area contributed by atoms with Crippen molar-refractivity contribution in [1.82, 2.24) is 15.1 Å². The number of rotatable bonds is 11. The summed E-state index contributed by atoms with van der Waals surface area (Å²) in [7, 11) is 3.19. The number of ether oxygens (including phenoxy) is 3. The summed E-state index contributed by atoms with van der Waals surface area (Å²) in [6, 6.07) is 9.05. The van der Waals surface area contributed by atoms with E-state index < -0.39 is 0 Å². The van der Waals surface area contributed by atoms with Gasteiger partial charge in [0.15, 0.2) is 11.5 Å². The topological polar surface area (TPSA) is 80.3 Å². The summed E-state index contributed by atoms with van der Waals surface area (Å²) in [5.74, 6) is 1.17. The van der Waals surface area contributed by atoms with Crippen LogP contribution in [0.25, 0.3) is 0 Å². The fraction of sp³-hybridized carbons (Fsp3) is 0.500. The summed E-state index contributed by atoms with van der Waals surface area (Å²) >= 11 is 1.70. The quantitative estimate of drug-likeness (QED) is 0.539. The molecule has 0 aliphatic carbocycles. The van der Waals surface area contributed by atoms with Gasteiger partial charge in [-0.15, -0.1) is 11.3 Å². The highest BCUT2D eigenvalue weighted by Gasteiger charge is 2.33. The van der Waals surface area contributed by atoms with Gasteiger partial charge in [0.05, 0.1) is 19.8 Å². The number of methoxy groups -OCH3 is 2. The third kappa shape index (κ3) is 6.39. The lowest BCUT2D eigenvalue weighted by molar-refractivity contribution is -0.135. The Labute approximate surface area is 199 Å². The lowest BCUT2D eigenvalue weighted by atomic mass is 10.0. The number of carbonyl (C=O) groups excluding carboxylic acids is 2. The van der Waals surface area contributed by atoms with Crippen molar-refractivity contribution in [3.05, 3.63) is 46.2 Å². The van der Waals surface area contributed by atoms with E-state index in [2.05, 4.69) is 16.8 Å². The molecule has 0 bridgehead atoms. The number of para-hydroxylation sites is 2. The van der Waals surface area contributed by atoms with Gasteiger partial charge in [-0.3, -0.25) is 4.79 Å². The Morgan fingerprint density at radius 1 is 1.21 bits per heavy atom. The molecule has 180 valence electrons. The van der Waals surface area contributed by atoms with E-state index in [0.717, 1.165) is 18.4 Å². The Kier molecular flexibility index (Phi) is 9.38. The summed E-state index contributed by atoms with van der Waals surface area (Å²) in [5, 5.41) is 4.91. The van der Waals surface area contributed by atoms with Gasteiger partial charge in [0, 0.05) is 31.6 Å². The molecule has 2 aromatic rings. The minimum atomic E-state index is -0.252. The number of thiophene rings is 1. The van der Waals surface area contributed by atoms with Crippen molar-refractivity contribution in [2.24, 2.45) is 0 Å². The van der Waals surface area contributed by atoms with Gasteiger partial charge in [-0.2, -0.15) is 0 Å². The maximum absolute atomic E-state index is 13.4. The molecule has 1 aliphatic heterocycles. The van der Waals surface area contributed by atoms with E-state index in [4.69, 9.17) is 14.2 Å². The Bertz CT molecular complexity index is 919. The minimum absolute atomic E-state index is 0.0104. The van der Waals surface area contributed by atoms with Crippen molar-refractivity contribution >= 4 is 23.3 Å². The molecule has 1 N–H and O–H groups in total. The molecular formula is C24H33N3O5S. The van der Waals surface area contributed by atoms with Crippen LogP contribution < -0.4 is 14.8 Å². The molecule has 2 heterocycles. The van der Waals surface area contributed by atoms with E-state index in [-0.39, 0.29) is 24.5 Å². The first-order chi connectivity index (χ1) is 16.1. The molecule has 0 spiro atoms. The van der Waals surface area contributed by atoms with Crippen LogP contribution in [0.3, 0.4) is 0 Å². The zero-order valence-corrected chi connectivity index (χ0v) is 20.4. The van der Waals surface area contributed by atoms with Gasteiger partial charge in [0.1, 0.15) is 13.2 Å². The van der Waals surface area contributed by atoms with Crippen molar-refractivity contribution in [3.63, 3.8) is 0 Å². The first-order valence-electron chi connectivity index (χ1n) is 11.2. The highest BCUT2D eigenvalue weighted by Crippen LogP contribution is 2.35. The van der Waals surface area contributed by atoms with E-state index >= 15 is 0 Å². The van der Waals surface area contributed by atoms with E-state index in [1.165, 1.54) is 9.78 Å². The monoisotopic (exact) mass is 475 g/mol. The van der Waals surface area contributed by atoms with Gasteiger partial charge in [-0.05, 0) is 42.0 Å². The lowest BCUT2D eigenvalue weighted by Crippen LogP contribution is -2.50. The van der Waals surface area contributed by atoms with Crippen molar-refractivity contribution < 1.29 is 23.8 Å². The average Bonchev–Trinajstić information content (AvgIpc) is 3.32. The summed E-state index contributed by atoms with van der Waals surface area (Å²) in [6.45, 7) is 4.14. The Hall–Kier alpha value is -2.78. The number of amides is 3. The molecule has 8 nitrogen and oxygen atoms in total. The number of nitrogens with zero attached hydrogens (tertiary/aromatic N) is 2. The third-order valence-corrected chi connectivity index (χ3v) is 6.58. The van der Waals surface area contributed by atoms with Crippen LogP contribution in [0.5, 0.6) is 11.5 Å². The molecule has 3 amide bonds. The van der Waals surface area contributed by atoms with Crippen LogP contribution in [0.4, 0.5) is 4.79 Å². The number of carbonyl (C=O) groups is 2. The zero-order valence-electron chi connectivity index (χ0n) is 19.5. The summed E-state index contributed by atoms with van der Waals surface area (Å²) < 4.78 is 16.7. The van der Waals surface area contributed by atoms with Gasteiger partial charge < -0.3 is 29.3 Å². The molecule has 0 saturated heterocycles. The molecule has 1 atom stereocenters. The Morgan fingerprint density at radius 3 is 2.73 bits per heavy atom. The molecule has 1 unspecified atom stereocenters. The molecule has 1 aromatic carbocycles.